The molecule has 2 amide bonds. The van der Waals surface area contributed by atoms with E-state index in [9.17, 15) is 4.79 Å². The standard InChI is InChI=1S/C24H31N5O2S/c1-2-31-21-11-7-6-9-19(21)17-29(15-8-14-28-16-13-25-18-28)24(30)27-23-26-20-10-4-3-5-12-22(20)32-23/h6-7,9,11,13,16,18H,2-5,8,10,12,14-15,17H2,1H3,(H,26,27,30). The van der Waals surface area contributed by atoms with Crippen LogP contribution in [-0.2, 0) is 25.9 Å². The lowest BCUT2D eigenvalue weighted by atomic mass is 10.2. The molecule has 0 bridgehead atoms. The number of carbonyl (C=O) groups is 1. The van der Waals surface area contributed by atoms with Crippen LogP contribution in [0.1, 0.15) is 48.7 Å². The fraction of sp³-hybridized carbons (Fsp3) is 0.458. The van der Waals surface area contributed by atoms with Crippen LogP contribution in [0.4, 0.5) is 9.93 Å². The number of nitrogens with one attached hydrogen (secondary N) is 1. The Kier molecular flexibility index (Phi) is 7.77. The van der Waals surface area contributed by atoms with Gasteiger partial charge in [-0.05, 0) is 45.1 Å². The molecule has 0 aliphatic heterocycles. The van der Waals surface area contributed by atoms with Crippen LogP contribution >= 0.6 is 11.3 Å². The summed E-state index contributed by atoms with van der Waals surface area (Å²) in [6.07, 6.45) is 12.1. The van der Waals surface area contributed by atoms with Gasteiger partial charge in [0, 0.05) is 35.9 Å². The highest BCUT2D eigenvalue weighted by Gasteiger charge is 2.20. The zero-order chi connectivity index (χ0) is 22.2. The van der Waals surface area contributed by atoms with Crippen LogP contribution in [0.3, 0.4) is 0 Å². The molecule has 0 radical (unpaired) electrons. The summed E-state index contributed by atoms with van der Waals surface area (Å²) in [6.45, 7) is 4.47. The van der Waals surface area contributed by atoms with Crippen LogP contribution in [-0.4, -0.2) is 38.6 Å². The van der Waals surface area contributed by atoms with E-state index in [1.807, 2.05) is 46.9 Å². The molecule has 0 saturated carbocycles. The predicted octanol–water partition coefficient (Wildman–Crippen LogP) is 5.13. The number of anilines is 1. The van der Waals surface area contributed by atoms with Gasteiger partial charge in [0.2, 0.25) is 0 Å². The van der Waals surface area contributed by atoms with Gasteiger partial charge in [0.05, 0.1) is 25.2 Å². The third kappa shape index (κ3) is 5.88. The number of imidazole rings is 1. The number of amides is 2. The van der Waals surface area contributed by atoms with E-state index in [2.05, 4.69) is 10.3 Å². The number of thiazole rings is 1. The second-order valence-corrected chi connectivity index (χ2v) is 9.08. The van der Waals surface area contributed by atoms with E-state index in [1.54, 1.807) is 23.9 Å². The predicted molar refractivity (Wildman–Crippen MR) is 127 cm³/mol. The van der Waals surface area contributed by atoms with Crippen molar-refractivity contribution in [2.24, 2.45) is 0 Å². The van der Waals surface area contributed by atoms with E-state index in [0.717, 1.165) is 42.8 Å². The lowest BCUT2D eigenvalue weighted by Gasteiger charge is -2.24. The van der Waals surface area contributed by atoms with Gasteiger partial charge in [0.15, 0.2) is 5.13 Å². The molecule has 4 rings (SSSR count). The van der Waals surface area contributed by atoms with Crippen molar-refractivity contribution in [2.75, 3.05) is 18.5 Å². The number of aryl methyl sites for hydroxylation is 3. The van der Waals surface area contributed by atoms with Crippen LogP contribution < -0.4 is 10.1 Å². The molecule has 0 unspecified atom stereocenters. The van der Waals surface area contributed by atoms with Crippen molar-refractivity contribution >= 4 is 22.5 Å². The summed E-state index contributed by atoms with van der Waals surface area (Å²) >= 11 is 1.63. The lowest BCUT2D eigenvalue weighted by molar-refractivity contribution is 0.206. The minimum atomic E-state index is -0.120. The van der Waals surface area contributed by atoms with Gasteiger partial charge in [0.1, 0.15) is 5.75 Å². The van der Waals surface area contributed by atoms with E-state index in [4.69, 9.17) is 9.72 Å². The van der Waals surface area contributed by atoms with Gasteiger partial charge < -0.3 is 14.2 Å². The number of fused-ring (bicyclic) bond motifs is 1. The van der Waals surface area contributed by atoms with Crippen LogP contribution in [0, 0.1) is 0 Å². The Bertz CT molecular complexity index is 978. The highest BCUT2D eigenvalue weighted by Crippen LogP contribution is 2.29. The summed E-state index contributed by atoms with van der Waals surface area (Å²) in [4.78, 5) is 25.3. The second kappa shape index (κ2) is 11.1. The molecule has 1 aliphatic carbocycles. The van der Waals surface area contributed by atoms with E-state index in [0.29, 0.717) is 24.8 Å². The number of rotatable bonds is 9. The number of nitrogens with zero attached hydrogens (tertiary/aromatic N) is 4. The maximum absolute atomic E-state index is 13.3. The molecule has 170 valence electrons. The number of aromatic nitrogens is 3. The van der Waals surface area contributed by atoms with E-state index in [-0.39, 0.29) is 6.03 Å². The van der Waals surface area contributed by atoms with Crippen molar-refractivity contribution in [3.63, 3.8) is 0 Å². The maximum atomic E-state index is 13.3. The molecule has 1 aliphatic rings. The van der Waals surface area contributed by atoms with Gasteiger partial charge >= 0.3 is 6.03 Å². The monoisotopic (exact) mass is 453 g/mol. The van der Waals surface area contributed by atoms with E-state index < -0.39 is 0 Å². The summed E-state index contributed by atoms with van der Waals surface area (Å²) in [7, 11) is 0. The average Bonchev–Trinajstić information content (AvgIpc) is 3.39. The Morgan fingerprint density at radius 1 is 1.25 bits per heavy atom. The third-order valence-corrected chi connectivity index (χ3v) is 6.71. The summed E-state index contributed by atoms with van der Waals surface area (Å²) in [6, 6.07) is 7.80. The van der Waals surface area contributed by atoms with Crippen LogP contribution in [0.25, 0.3) is 0 Å². The Morgan fingerprint density at radius 3 is 2.97 bits per heavy atom. The fourth-order valence-electron chi connectivity index (χ4n) is 4.00. The second-order valence-electron chi connectivity index (χ2n) is 8.00. The number of para-hydroxylation sites is 1. The van der Waals surface area contributed by atoms with Gasteiger partial charge in [-0.15, -0.1) is 11.3 Å². The molecule has 32 heavy (non-hydrogen) atoms. The fourth-order valence-corrected chi connectivity index (χ4v) is 5.04. The van der Waals surface area contributed by atoms with Crippen molar-refractivity contribution in [1.29, 1.82) is 0 Å². The molecular weight excluding hydrogens is 422 g/mol. The van der Waals surface area contributed by atoms with Gasteiger partial charge in [-0.3, -0.25) is 5.32 Å². The number of hydrogen-bond acceptors (Lipinski definition) is 5. The topological polar surface area (TPSA) is 72.3 Å². The molecule has 2 aromatic heterocycles. The van der Waals surface area contributed by atoms with Crippen molar-refractivity contribution in [3.05, 3.63) is 59.1 Å². The zero-order valence-corrected chi connectivity index (χ0v) is 19.4. The summed E-state index contributed by atoms with van der Waals surface area (Å²) in [5.41, 5.74) is 2.17. The molecule has 1 N–H and O–H groups in total. The first-order chi connectivity index (χ1) is 15.7. The molecule has 0 atom stereocenters. The van der Waals surface area contributed by atoms with Crippen LogP contribution in [0.15, 0.2) is 43.0 Å². The van der Waals surface area contributed by atoms with E-state index >= 15 is 0 Å². The first-order valence-electron chi connectivity index (χ1n) is 11.4. The number of hydrogen-bond donors (Lipinski definition) is 1. The molecule has 0 saturated heterocycles. The normalized spacial score (nSPS) is 13.3. The van der Waals surface area contributed by atoms with Gasteiger partial charge in [0.25, 0.3) is 0 Å². The molecule has 0 fully saturated rings. The third-order valence-electron chi connectivity index (χ3n) is 5.63. The summed E-state index contributed by atoms with van der Waals surface area (Å²) < 4.78 is 7.82. The van der Waals surface area contributed by atoms with Gasteiger partial charge in [-0.25, -0.2) is 14.8 Å². The SMILES string of the molecule is CCOc1ccccc1CN(CCCn1ccnc1)C(=O)Nc1nc2c(s1)CCCCC2. The average molecular weight is 454 g/mol. The molecular formula is C24H31N5O2S. The lowest BCUT2D eigenvalue weighted by Crippen LogP contribution is -2.35. The minimum absolute atomic E-state index is 0.120. The molecule has 8 heteroatoms. The highest BCUT2D eigenvalue weighted by atomic mass is 32.1. The van der Waals surface area contributed by atoms with Crippen molar-refractivity contribution in [1.82, 2.24) is 19.4 Å². The molecule has 2 heterocycles. The minimum Gasteiger partial charge on any atom is -0.494 e. The first kappa shape index (κ1) is 22.3. The van der Waals surface area contributed by atoms with Crippen LogP contribution in [0.2, 0.25) is 0 Å². The Hall–Kier alpha value is -2.87. The quantitative estimate of drug-likeness (QED) is 0.456. The number of ether oxygens (including phenoxy) is 1. The van der Waals surface area contributed by atoms with Crippen molar-refractivity contribution in [3.8, 4) is 5.75 Å². The first-order valence-corrected chi connectivity index (χ1v) is 12.3. The maximum Gasteiger partial charge on any atom is 0.323 e. The largest absolute Gasteiger partial charge is 0.494 e. The molecule has 1 aromatic carbocycles. The molecule has 7 nitrogen and oxygen atoms in total. The van der Waals surface area contributed by atoms with Gasteiger partial charge in [-0.1, -0.05) is 24.6 Å². The Labute approximate surface area is 193 Å². The number of carbonyl (C=O) groups excluding carboxylic acids is 1. The van der Waals surface area contributed by atoms with E-state index in [1.165, 1.54) is 24.1 Å². The summed E-state index contributed by atoms with van der Waals surface area (Å²) in [5.74, 6) is 0.823. The molecule has 0 spiro atoms. The van der Waals surface area contributed by atoms with Crippen molar-refractivity contribution in [2.45, 2.75) is 58.5 Å². The number of benzene rings is 1. The number of urea groups is 1. The summed E-state index contributed by atoms with van der Waals surface area (Å²) in [5, 5.41) is 3.78. The van der Waals surface area contributed by atoms with Gasteiger partial charge in [-0.2, -0.15) is 0 Å². The molecule has 3 aromatic rings. The Morgan fingerprint density at radius 2 is 2.12 bits per heavy atom. The van der Waals surface area contributed by atoms with Crippen molar-refractivity contribution < 1.29 is 9.53 Å². The Balaban J connectivity index is 1.46. The van der Waals surface area contributed by atoms with Crippen LogP contribution in [0.5, 0.6) is 5.75 Å². The highest BCUT2D eigenvalue weighted by molar-refractivity contribution is 7.15. The smallest absolute Gasteiger partial charge is 0.323 e. The zero-order valence-electron chi connectivity index (χ0n) is 18.6.